The summed E-state index contributed by atoms with van der Waals surface area (Å²) in [6.07, 6.45) is -0.0336. The third-order valence-electron chi connectivity index (χ3n) is 4.81. The largest absolute Gasteiger partial charge is 0.414 e. The minimum absolute atomic E-state index is 0.0192. The summed E-state index contributed by atoms with van der Waals surface area (Å²) in [5, 5.41) is 10.4. The molecule has 118 valence electrons. The van der Waals surface area contributed by atoms with Gasteiger partial charge in [0.15, 0.2) is 8.32 Å². The molecule has 3 atom stereocenters. The van der Waals surface area contributed by atoms with Gasteiger partial charge in [-0.05, 0) is 23.7 Å². The van der Waals surface area contributed by atoms with E-state index >= 15 is 0 Å². The van der Waals surface area contributed by atoms with E-state index in [9.17, 15) is 5.11 Å². The van der Waals surface area contributed by atoms with Crippen LogP contribution in [0.3, 0.4) is 0 Å². The average Bonchev–Trinajstić information content (AvgIpc) is 2.78. The molecule has 1 N–H and O–H groups in total. The normalized spacial score (nSPS) is 27.0. The van der Waals surface area contributed by atoms with Crippen LogP contribution in [0.25, 0.3) is 0 Å². The fourth-order valence-electron chi connectivity index (χ4n) is 2.27. The van der Waals surface area contributed by atoms with Crippen LogP contribution >= 0.6 is 0 Å². The summed E-state index contributed by atoms with van der Waals surface area (Å²) in [7, 11) is -1.79. The molecule has 1 heterocycles. The van der Waals surface area contributed by atoms with E-state index < -0.39 is 14.4 Å². The topological polar surface area (TPSA) is 38.7 Å². The molecule has 1 aliphatic heterocycles. The van der Waals surface area contributed by atoms with Gasteiger partial charge >= 0.3 is 0 Å². The predicted octanol–water partition coefficient (Wildman–Crippen LogP) is 3.90. The summed E-state index contributed by atoms with van der Waals surface area (Å²) in [6.45, 7) is 11.6. The zero-order chi connectivity index (χ0) is 15.7. The highest BCUT2D eigenvalue weighted by atomic mass is 28.4. The second-order valence-corrected chi connectivity index (χ2v) is 12.3. The van der Waals surface area contributed by atoms with E-state index in [0.717, 1.165) is 5.56 Å². The summed E-state index contributed by atoms with van der Waals surface area (Å²) in [6, 6.07) is 10.1. The van der Waals surface area contributed by atoms with Gasteiger partial charge in [0.05, 0.1) is 18.8 Å². The van der Waals surface area contributed by atoms with E-state index in [1.807, 2.05) is 18.2 Å². The van der Waals surface area contributed by atoms with Crippen molar-refractivity contribution >= 4 is 8.32 Å². The molecule has 1 aliphatic rings. The number of ether oxygens (including phenoxy) is 1. The van der Waals surface area contributed by atoms with Crippen LogP contribution in [0, 0.1) is 0 Å². The summed E-state index contributed by atoms with van der Waals surface area (Å²) in [5.74, 6) is 0. The molecule has 0 radical (unpaired) electrons. The Bertz CT molecular complexity index is 453. The Morgan fingerprint density at radius 2 is 1.86 bits per heavy atom. The summed E-state index contributed by atoms with van der Waals surface area (Å²) in [5.41, 5.74) is 1.13. The van der Waals surface area contributed by atoms with E-state index in [2.05, 4.69) is 46.0 Å². The molecule has 1 unspecified atom stereocenters. The molecule has 1 aromatic carbocycles. The first-order valence-corrected chi connectivity index (χ1v) is 10.6. The fourth-order valence-corrected chi connectivity index (χ4v) is 3.28. The molecule has 21 heavy (non-hydrogen) atoms. The molecular weight excluding hydrogens is 280 g/mol. The second-order valence-electron chi connectivity index (χ2n) is 7.45. The van der Waals surface area contributed by atoms with E-state index in [0.29, 0.717) is 13.0 Å². The zero-order valence-corrected chi connectivity index (χ0v) is 14.8. The number of hydrogen-bond acceptors (Lipinski definition) is 3. The Labute approximate surface area is 129 Å². The number of hydrogen-bond donors (Lipinski definition) is 1. The Morgan fingerprint density at radius 3 is 2.43 bits per heavy atom. The lowest BCUT2D eigenvalue weighted by molar-refractivity contribution is -0.0194. The van der Waals surface area contributed by atoms with Crippen LogP contribution in [0.5, 0.6) is 0 Å². The monoisotopic (exact) mass is 308 g/mol. The van der Waals surface area contributed by atoms with Gasteiger partial charge in [-0.2, -0.15) is 0 Å². The highest BCUT2D eigenvalue weighted by molar-refractivity contribution is 6.74. The van der Waals surface area contributed by atoms with Gasteiger partial charge in [0, 0.05) is 6.42 Å². The molecule has 2 rings (SSSR count). The molecule has 0 aliphatic carbocycles. The van der Waals surface area contributed by atoms with E-state index in [4.69, 9.17) is 9.16 Å². The van der Waals surface area contributed by atoms with Crippen molar-refractivity contribution in [2.24, 2.45) is 0 Å². The van der Waals surface area contributed by atoms with Gasteiger partial charge in [-0.15, -0.1) is 0 Å². The Kier molecular flexibility index (Phi) is 4.93. The van der Waals surface area contributed by atoms with Gasteiger partial charge in [-0.1, -0.05) is 51.1 Å². The summed E-state index contributed by atoms with van der Waals surface area (Å²) < 4.78 is 12.2. The molecule has 0 aromatic heterocycles. The quantitative estimate of drug-likeness (QED) is 0.857. The Morgan fingerprint density at radius 1 is 1.24 bits per heavy atom. The molecule has 0 bridgehead atoms. The van der Waals surface area contributed by atoms with Crippen LogP contribution in [0.1, 0.15) is 38.9 Å². The van der Waals surface area contributed by atoms with Crippen molar-refractivity contribution < 1.29 is 14.3 Å². The Hall–Kier alpha value is -0.683. The number of aliphatic hydroxyl groups is 1. The fraction of sp³-hybridized carbons (Fsp3) is 0.647. The first-order chi connectivity index (χ1) is 9.71. The van der Waals surface area contributed by atoms with Crippen molar-refractivity contribution in [3.8, 4) is 0 Å². The van der Waals surface area contributed by atoms with Crippen molar-refractivity contribution in [3.63, 3.8) is 0 Å². The molecular formula is C17H28O3Si. The molecule has 0 spiro atoms. The lowest BCUT2D eigenvalue weighted by atomic mass is 10.1. The highest BCUT2D eigenvalue weighted by Gasteiger charge is 2.40. The molecule has 0 amide bonds. The minimum atomic E-state index is -1.79. The Balaban J connectivity index is 1.94. The van der Waals surface area contributed by atoms with Gasteiger partial charge in [0.25, 0.3) is 0 Å². The van der Waals surface area contributed by atoms with Crippen molar-refractivity contribution in [3.05, 3.63) is 35.9 Å². The van der Waals surface area contributed by atoms with Crippen LogP contribution in [-0.2, 0) is 9.16 Å². The van der Waals surface area contributed by atoms with E-state index in [1.54, 1.807) is 0 Å². The van der Waals surface area contributed by atoms with Gasteiger partial charge < -0.3 is 14.3 Å². The molecule has 0 saturated carbocycles. The van der Waals surface area contributed by atoms with E-state index in [-0.39, 0.29) is 17.2 Å². The van der Waals surface area contributed by atoms with Crippen LogP contribution in [0.15, 0.2) is 30.3 Å². The van der Waals surface area contributed by atoms with Crippen molar-refractivity contribution in [2.75, 3.05) is 6.61 Å². The van der Waals surface area contributed by atoms with Crippen LogP contribution in [0.4, 0.5) is 0 Å². The second kappa shape index (κ2) is 6.21. The van der Waals surface area contributed by atoms with Crippen LogP contribution in [0.2, 0.25) is 18.1 Å². The van der Waals surface area contributed by atoms with Gasteiger partial charge in [0.1, 0.15) is 6.10 Å². The number of aliphatic hydroxyl groups excluding tert-OH is 1. The zero-order valence-electron chi connectivity index (χ0n) is 13.8. The lowest BCUT2D eigenvalue weighted by Gasteiger charge is -2.37. The first kappa shape index (κ1) is 16.7. The SMILES string of the molecule is CC(C)(C)[Si](C)(C)OC[C@H]1O[C@@H](c2ccccc2)CC1O. The third kappa shape index (κ3) is 3.95. The molecule has 1 saturated heterocycles. The number of benzene rings is 1. The molecule has 4 heteroatoms. The number of rotatable bonds is 4. The van der Waals surface area contributed by atoms with Gasteiger partial charge in [-0.25, -0.2) is 0 Å². The lowest BCUT2D eigenvalue weighted by Crippen LogP contribution is -2.43. The third-order valence-corrected chi connectivity index (χ3v) is 9.31. The molecule has 1 fully saturated rings. The smallest absolute Gasteiger partial charge is 0.192 e. The van der Waals surface area contributed by atoms with Crippen LogP contribution < -0.4 is 0 Å². The maximum Gasteiger partial charge on any atom is 0.192 e. The molecule has 1 aromatic rings. The maximum atomic E-state index is 10.2. The highest BCUT2D eigenvalue weighted by Crippen LogP contribution is 2.38. The summed E-state index contributed by atoms with van der Waals surface area (Å²) in [4.78, 5) is 0. The minimum Gasteiger partial charge on any atom is -0.414 e. The van der Waals surface area contributed by atoms with Gasteiger partial charge in [0.2, 0.25) is 0 Å². The molecule has 3 nitrogen and oxygen atoms in total. The first-order valence-electron chi connectivity index (χ1n) is 7.73. The van der Waals surface area contributed by atoms with Crippen molar-refractivity contribution in [2.45, 2.75) is 63.6 Å². The predicted molar refractivity (Wildman–Crippen MR) is 87.8 cm³/mol. The standard InChI is InChI=1S/C17H28O3Si/c1-17(2,3)21(4,5)19-12-16-14(18)11-15(20-16)13-9-7-6-8-10-13/h6-10,14-16,18H,11-12H2,1-5H3/t14?,15-,16-/m1/s1. The average molecular weight is 308 g/mol. The summed E-state index contributed by atoms with van der Waals surface area (Å²) >= 11 is 0. The maximum absolute atomic E-state index is 10.2. The van der Waals surface area contributed by atoms with Gasteiger partial charge in [-0.3, -0.25) is 0 Å². The van der Waals surface area contributed by atoms with Crippen LogP contribution in [-0.4, -0.2) is 32.2 Å². The van der Waals surface area contributed by atoms with Crippen molar-refractivity contribution in [1.29, 1.82) is 0 Å². The van der Waals surface area contributed by atoms with Crippen molar-refractivity contribution in [1.82, 2.24) is 0 Å². The van der Waals surface area contributed by atoms with E-state index in [1.165, 1.54) is 0 Å².